The van der Waals surface area contributed by atoms with Gasteiger partial charge in [0.25, 0.3) is 0 Å². The Balaban J connectivity index is 1.60. The van der Waals surface area contributed by atoms with E-state index in [1.54, 1.807) is 11.3 Å². The Hall–Kier alpha value is -1.10. The van der Waals surface area contributed by atoms with Crippen LogP contribution in [-0.4, -0.2) is 5.11 Å². The summed E-state index contributed by atoms with van der Waals surface area (Å²) in [7, 11) is 0. The third-order valence-electron chi connectivity index (χ3n) is 3.52. The fourth-order valence-corrected chi connectivity index (χ4v) is 3.68. The van der Waals surface area contributed by atoms with Crippen molar-refractivity contribution < 1.29 is 0 Å². The minimum atomic E-state index is 0.270. The van der Waals surface area contributed by atoms with Gasteiger partial charge in [0.05, 0.1) is 12.6 Å². The van der Waals surface area contributed by atoms with Crippen LogP contribution in [0.1, 0.15) is 28.5 Å². The molecule has 0 bridgehead atoms. The van der Waals surface area contributed by atoms with Crippen molar-refractivity contribution in [2.75, 3.05) is 0 Å². The normalized spacial score (nSPS) is 16.8. The number of benzene rings is 1. The molecule has 0 fully saturated rings. The molecule has 104 valence electrons. The van der Waals surface area contributed by atoms with Crippen molar-refractivity contribution in [2.24, 2.45) is 0 Å². The van der Waals surface area contributed by atoms with Crippen LogP contribution in [0.5, 0.6) is 0 Å². The van der Waals surface area contributed by atoms with Crippen molar-refractivity contribution in [1.29, 1.82) is 0 Å². The molecular weight excluding hydrogens is 308 g/mol. The summed E-state index contributed by atoms with van der Waals surface area (Å²) in [4.78, 5) is 1.28. The lowest BCUT2D eigenvalue weighted by Gasteiger charge is -2.17. The molecule has 1 aliphatic rings. The molecule has 1 atom stereocenters. The summed E-state index contributed by atoms with van der Waals surface area (Å²) in [5.74, 6) is 0. The van der Waals surface area contributed by atoms with Gasteiger partial charge >= 0.3 is 0 Å². The summed E-state index contributed by atoms with van der Waals surface area (Å²) in [5, 5.41) is 10.3. The first kappa shape index (κ1) is 13.9. The zero-order valence-corrected chi connectivity index (χ0v) is 13.2. The highest BCUT2D eigenvalue weighted by molar-refractivity contribution is 7.80. The van der Waals surface area contributed by atoms with Crippen LogP contribution in [0.4, 0.5) is 0 Å². The van der Waals surface area contributed by atoms with Crippen LogP contribution in [-0.2, 0) is 13.0 Å². The van der Waals surface area contributed by atoms with E-state index >= 15 is 0 Å². The van der Waals surface area contributed by atoms with E-state index in [2.05, 4.69) is 28.1 Å². The predicted octanol–water partition coefficient (Wildman–Crippen LogP) is 4.05. The Morgan fingerprint density at radius 2 is 2.25 bits per heavy atom. The van der Waals surface area contributed by atoms with Gasteiger partial charge in [-0.1, -0.05) is 29.8 Å². The van der Waals surface area contributed by atoms with Gasteiger partial charge in [-0.2, -0.15) is 0 Å². The summed E-state index contributed by atoms with van der Waals surface area (Å²) in [6.45, 7) is 0.776. The van der Waals surface area contributed by atoms with Crippen LogP contribution in [0.25, 0.3) is 0 Å². The van der Waals surface area contributed by atoms with Crippen molar-refractivity contribution in [2.45, 2.75) is 25.4 Å². The maximum atomic E-state index is 6.23. The van der Waals surface area contributed by atoms with Gasteiger partial charge < -0.3 is 10.6 Å². The van der Waals surface area contributed by atoms with E-state index in [1.165, 1.54) is 16.0 Å². The molecule has 1 aliphatic carbocycles. The Bertz CT molecular complexity index is 610. The van der Waals surface area contributed by atoms with E-state index in [-0.39, 0.29) is 6.04 Å². The molecule has 2 N–H and O–H groups in total. The summed E-state index contributed by atoms with van der Waals surface area (Å²) >= 11 is 13.3. The summed E-state index contributed by atoms with van der Waals surface area (Å²) in [6.07, 6.45) is 2.06. The number of fused-ring (bicyclic) bond motifs is 1. The van der Waals surface area contributed by atoms with Crippen LogP contribution in [0.15, 0.2) is 35.7 Å². The second-order valence-electron chi connectivity index (χ2n) is 4.81. The van der Waals surface area contributed by atoms with Gasteiger partial charge in [0, 0.05) is 9.90 Å². The number of thiocarbonyl (C=S) groups is 1. The first-order valence-corrected chi connectivity index (χ1v) is 8.24. The molecular formula is C15H15ClN2S2. The lowest BCUT2D eigenvalue weighted by molar-refractivity contribution is 0.630. The molecule has 20 heavy (non-hydrogen) atoms. The molecule has 5 heteroatoms. The van der Waals surface area contributed by atoms with Crippen LogP contribution < -0.4 is 10.6 Å². The number of halogens is 1. The average Bonchev–Trinajstić information content (AvgIpc) is 3.07. The smallest absolute Gasteiger partial charge is 0.167 e. The van der Waals surface area contributed by atoms with Crippen LogP contribution in [0.3, 0.4) is 0 Å². The number of nitrogens with one attached hydrogen (secondary N) is 2. The summed E-state index contributed by atoms with van der Waals surface area (Å²) < 4.78 is 0. The first-order chi connectivity index (χ1) is 9.74. The standard InChI is InChI=1S/C15H15ClN2S2/c16-13-5-1-4-12-11(13)6-7-14(12)18-15(19)17-9-10-3-2-8-20-10/h1-5,8,14H,6-7,9H2,(H2,17,18,19). The molecule has 1 aromatic heterocycles. The quantitative estimate of drug-likeness (QED) is 0.834. The summed E-state index contributed by atoms with van der Waals surface area (Å²) in [6, 6.07) is 10.5. The number of hydrogen-bond donors (Lipinski definition) is 2. The second-order valence-corrected chi connectivity index (χ2v) is 6.65. The molecule has 1 unspecified atom stereocenters. The molecule has 0 aliphatic heterocycles. The van der Waals surface area contributed by atoms with E-state index in [0.717, 1.165) is 24.4 Å². The molecule has 3 rings (SSSR count). The maximum Gasteiger partial charge on any atom is 0.167 e. The van der Waals surface area contributed by atoms with Gasteiger partial charge in [-0.25, -0.2) is 0 Å². The number of hydrogen-bond acceptors (Lipinski definition) is 2. The minimum Gasteiger partial charge on any atom is -0.358 e. The molecule has 0 spiro atoms. The SMILES string of the molecule is S=C(NCc1cccs1)NC1CCc2c(Cl)cccc21. The third kappa shape index (κ3) is 2.97. The van der Waals surface area contributed by atoms with E-state index in [0.29, 0.717) is 5.11 Å². The minimum absolute atomic E-state index is 0.270. The Morgan fingerprint density at radius 3 is 3.05 bits per heavy atom. The molecule has 2 nitrogen and oxygen atoms in total. The van der Waals surface area contributed by atoms with Crippen molar-refractivity contribution in [3.05, 3.63) is 56.7 Å². The molecule has 0 saturated carbocycles. The van der Waals surface area contributed by atoms with Gasteiger partial charge in [0.15, 0.2) is 5.11 Å². The highest BCUT2D eigenvalue weighted by atomic mass is 35.5. The van der Waals surface area contributed by atoms with Crippen LogP contribution >= 0.6 is 35.2 Å². The highest BCUT2D eigenvalue weighted by Crippen LogP contribution is 2.35. The molecule has 1 aromatic carbocycles. The van der Waals surface area contributed by atoms with E-state index in [9.17, 15) is 0 Å². The third-order valence-corrected chi connectivity index (χ3v) is 5.01. The lowest BCUT2D eigenvalue weighted by Crippen LogP contribution is -2.36. The molecule has 0 saturated heterocycles. The Kier molecular flexibility index (Phi) is 4.24. The zero-order chi connectivity index (χ0) is 13.9. The van der Waals surface area contributed by atoms with Crippen molar-refractivity contribution >= 4 is 40.3 Å². The first-order valence-electron chi connectivity index (χ1n) is 6.58. The molecule has 1 heterocycles. The van der Waals surface area contributed by atoms with Gasteiger partial charge in [-0.3, -0.25) is 0 Å². The molecule has 0 radical (unpaired) electrons. The van der Waals surface area contributed by atoms with E-state index in [4.69, 9.17) is 23.8 Å². The van der Waals surface area contributed by atoms with E-state index in [1.807, 2.05) is 18.2 Å². The molecule has 0 amide bonds. The van der Waals surface area contributed by atoms with Crippen LogP contribution in [0.2, 0.25) is 5.02 Å². The fraction of sp³-hybridized carbons (Fsp3) is 0.267. The van der Waals surface area contributed by atoms with Crippen molar-refractivity contribution in [3.63, 3.8) is 0 Å². The lowest BCUT2D eigenvalue weighted by atomic mass is 10.1. The topological polar surface area (TPSA) is 24.1 Å². The second kappa shape index (κ2) is 6.12. The van der Waals surface area contributed by atoms with Gasteiger partial charge in [-0.15, -0.1) is 11.3 Å². The zero-order valence-electron chi connectivity index (χ0n) is 10.9. The predicted molar refractivity (Wildman–Crippen MR) is 89.4 cm³/mol. The Labute approximate surface area is 133 Å². The largest absolute Gasteiger partial charge is 0.358 e. The van der Waals surface area contributed by atoms with Gasteiger partial charge in [0.1, 0.15) is 0 Å². The van der Waals surface area contributed by atoms with Crippen molar-refractivity contribution in [1.82, 2.24) is 10.6 Å². The molecule has 2 aromatic rings. The maximum absolute atomic E-state index is 6.23. The van der Waals surface area contributed by atoms with Crippen molar-refractivity contribution in [3.8, 4) is 0 Å². The monoisotopic (exact) mass is 322 g/mol. The average molecular weight is 323 g/mol. The Morgan fingerprint density at radius 1 is 1.35 bits per heavy atom. The fourth-order valence-electron chi connectivity index (χ4n) is 2.55. The summed E-state index contributed by atoms with van der Waals surface area (Å²) in [5.41, 5.74) is 2.53. The number of rotatable bonds is 3. The number of thiophene rings is 1. The van der Waals surface area contributed by atoms with Gasteiger partial charge in [0.2, 0.25) is 0 Å². The van der Waals surface area contributed by atoms with E-state index < -0.39 is 0 Å². The van der Waals surface area contributed by atoms with Crippen LogP contribution in [0, 0.1) is 0 Å². The van der Waals surface area contributed by atoms with Gasteiger partial charge in [-0.05, 0) is 53.7 Å². The highest BCUT2D eigenvalue weighted by Gasteiger charge is 2.24.